The van der Waals surface area contributed by atoms with Crippen LogP contribution in [0.4, 0.5) is 9.18 Å². The molecule has 1 rings (SSSR count). The molecule has 2 atom stereocenters. The van der Waals surface area contributed by atoms with Gasteiger partial charge in [-0.25, -0.2) is 14.0 Å². The van der Waals surface area contributed by atoms with Crippen molar-refractivity contribution in [2.45, 2.75) is 59.4 Å². The lowest BCUT2D eigenvalue weighted by Crippen LogP contribution is -2.70. The Labute approximate surface area is 146 Å². The third kappa shape index (κ3) is 5.40. The zero-order chi connectivity index (χ0) is 19.2. The summed E-state index contributed by atoms with van der Waals surface area (Å²) in [6.07, 6.45) is -0.699. The van der Waals surface area contributed by atoms with E-state index < -0.39 is 29.8 Å². The zero-order valence-electron chi connectivity index (χ0n) is 15.2. The third-order valence-electron chi connectivity index (χ3n) is 3.33. The summed E-state index contributed by atoms with van der Waals surface area (Å²) < 4.78 is 19.7. The highest BCUT2D eigenvalue weighted by atomic mass is 19.1. The second-order valence-corrected chi connectivity index (χ2v) is 6.70. The highest BCUT2D eigenvalue weighted by molar-refractivity contribution is 6.14. The minimum Gasteiger partial charge on any atom is -0.463 e. The number of esters is 1. The lowest BCUT2D eigenvalue weighted by molar-refractivity contribution is -0.179. The Hall–Kier alpha value is -2.19. The number of nitrogens with one attached hydrogen (secondary N) is 2. The molecule has 142 valence electrons. The molecule has 0 spiro atoms. The molecule has 25 heavy (non-hydrogen) atoms. The molecule has 1 fully saturated rings. The summed E-state index contributed by atoms with van der Waals surface area (Å²) in [5.41, 5.74) is -2.56. The number of oxime groups is 1. The topological polar surface area (TPSA) is 106 Å². The van der Waals surface area contributed by atoms with Crippen molar-refractivity contribution in [1.82, 2.24) is 10.6 Å². The highest BCUT2D eigenvalue weighted by Crippen LogP contribution is 2.24. The van der Waals surface area contributed by atoms with Crippen LogP contribution in [0.2, 0.25) is 0 Å². The predicted octanol–water partition coefficient (Wildman–Crippen LogP) is 1.89. The second kappa shape index (κ2) is 8.77. The monoisotopic (exact) mass is 359 g/mol. The number of hydrogen-bond donors (Lipinski definition) is 2. The second-order valence-electron chi connectivity index (χ2n) is 6.70. The van der Waals surface area contributed by atoms with Crippen LogP contribution in [0.15, 0.2) is 5.16 Å². The van der Waals surface area contributed by atoms with Crippen LogP contribution >= 0.6 is 0 Å². The van der Waals surface area contributed by atoms with Gasteiger partial charge in [0, 0.05) is 0 Å². The number of urea groups is 1. The van der Waals surface area contributed by atoms with Crippen molar-refractivity contribution in [3.8, 4) is 0 Å². The van der Waals surface area contributed by atoms with Crippen LogP contribution in [0, 0.1) is 11.8 Å². The number of ether oxygens (including phenoxy) is 1. The fraction of sp³-hybridized carbons (Fsp3) is 0.750. The first kappa shape index (κ1) is 20.9. The molecule has 8 nitrogen and oxygen atoms in total. The van der Waals surface area contributed by atoms with Crippen LogP contribution in [0.1, 0.15) is 47.5 Å². The van der Waals surface area contributed by atoms with Gasteiger partial charge >= 0.3 is 17.7 Å². The van der Waals surface area contributed by atoms with E-state index in [4.69, 9.17) is 4.84 Å². The fourth-order valence-electron chi connectivity index (χ4n) is 2.33. The number of nitrogens with zero attached hydrogens (tertiary/aromatic N) is 1. The summed E-state index contributed by atoms with van der Waals surface area (Å²) in [6, 6.07) is -0.975. The summed E-state index contributed by atoms with van der Waals surface area (Å²) in [5, 5.41) is 7.67. The Balaban J connectivity index is 3.06. The van der Waals surface area contributed by atoms with E-state index in [0.717, 1.165) is 0 Å². The number of carbonyl (C=O) groups excluding carboxylic acids is 3. The van der Waals surface area contributed by atoms with Crippen molar-refractivity contribution >= 4 is 23.6 Å². The Morgan fingerprint density at radius 3 is 2.28 bits per heavy atom. The van der Waals surface area contributed by atoms with Gasteiger partial charge in [-0.1, -0.05) is 32.9 Å². The average molecular weight is 359 g/mol. The smallest absolute Gasteiger partial charge is 0.360 e. The molecule has 0 aromatic heterocycles. The molecule has 1 aliphatic heterocycles. The van der Waals surface area contributed by atoms with E-state index >= 15 is 4.39 Å². The van der Waals surface area contributed by atoms with E-state index in [-0.39, 0.29) is 18.4 Å². The van der Waals surface area contributed by atoms with Crippen molar-refractivity contribution in [1.29, 1.82) is 0 Å². The van der Waals surface area contributed by atoms with E-state index in [2.05, 4.69) is 15.2 Å². The first-order valence-corrected chi connectivity index (χ1v) is 8.30. The summed E-state index contributed by atoms with van der Waals surface area (Å²) in [7, 11) is 0. The van der Waals surface area contributed by atoms with Crippen LogP contribution in [-0.2, 0) is 19.2 Å². The molecular weight excluding hydrogens is 333 g/mol. The number of rotatable bonds is 8. The van der Waals surface area contributed by atoms with Gasteiger partial charge in [-0.05, 0) is 31.6 Å². The Bertz CT molecular complexity index is 538. The normalized spacial score (nSPS) is 23.1. The average Bonchev–Trinajstić information content (AvgIpc) is 2.48. The predicted molar refractivity (Wildman–Crippen MR) is 88.4 cm³/mol. The first-order chi connectivity index (χ1) is 11.6. The largest absolute Gasteiger partial charge is 0.463 e. The number of carbonyl (C=O) groups is 3. The van der Waals surface area contributed by atoms with Gasteiger partial charge < -0.3 is 9.57 Å². The quantitative estimate of drug-likeness (QED) is 0.298. The van der Waals surface area contributed by atoms with Crippen LogP contribution in [0.5, 0.6) is 0 Å². The number of hydrogen-bond acceptors (Lipinski definition) is 6. The number of amides is 3. The maximum atomic E-state index is 15.1. The summed E-state index contributed by atoms with van der Waals surface area (Å²) in [4.78, 5) is 40.3. The summed E-state index contributed by atoms with van der Waals surface area (Å²) in [6.45, 7) is 9.30. The van der Waals surface area contributed by atoms with Gasteiger partial charge in [-0.3, -0.25) is 15.4 Å². The van der Waals surface area contributed by atoms with Crippen LogP contribution in [0.25, 0.3) is 0 Å². The van der Waals surface area contributed by atoms with E-state index in [0.29, 0.717) is 18.6 Å². The lowest BCUT2D eigenvalue weighted by atomic mass is 9.99. The lowest BCUT2D eigenvalue weighted by Gasteiger charge is -2.32. The van der Waals surface area contributed by atoms with Gasteiger partial charge in [0.25, 0.3) is 12.1 Å². The van der Waals surface area contributed by atoms with Crippen LogP contribution in [0.3, 0.4) is 0 Å². The fourth-order valence-corrected chi connectivity index (χ4v) is 2.33. The Kier molecular flexibility index (Phi) is 7.32. The molecule has 0 saturated carbocycles. The van der Waals surface area contributed by atoms with Crippen LogP contribution < -0.4 is 10.6 Å². The minimum atomic E-state index is -3.21. The highest BCUT2D eigenvalue weighted by Gasteiger charge is 2.61. The van der Waals surface area contributed by atoms with Gasteiger partial charge in [0.15, 0.2) is 0 Å². The summed E-state index contributed by atoms with van der Waals surface area (Å²) >= 11 is 0. The first-order valence-electron chi connectivity index (χ1n) is 8.30. The molecule has 0 aromatic carbocycles. The summed E-state index contributed by atoms with van der Waals surface area (Å²) in [5.74, 6) is -2.32. The molecule has 1 aliphatic rings. The zero-order valence-corrected chi connectivity index (χ0v) is 15.2. The van der Waals surface area contributed by atoms with E-state index in [9.17, 15) is 14.4 Å². The molecule has 2 N–H and O–H groups in total. The van der Waals surface area contributed by atoms with Crippen molar-refractivity contribution in [2.75, 3.05) is 6.61 Å². The number of alkyl halides is 1. The molecule has 2 unspecified atom stereocenters. The maximum absolute atomic E-state index is 15.1. The molecule has 1 heterocycles. The molecule has 0 aromatic rings. The van der Waals surface area contributed by atoms with Crippen molar-refractivity contribution in [3.05, 3.63) is 0 Å². The van der Waals surface area contributed by atoms with E-state index in [1.807, 2.05) is 27.7 Å². The molecule has 3 amide bonds. The molecule has 0 aliphatic carbocycles. The molecule has 0 bridgehead atoms. The van der Waals surface area contributed by atoms with Gasteiger partial charge in [-0.15, -0.1) is 0 Å². The van der Waals surface area contributed by atoms with Gasteiger partial charge in [0.2, 0.25) is 0 Å². The van der Waals surface area contributed by atoms with Crippen molar-refractivity contribution in [3.63, 3.8) is 0 Å². The Morgan fingerprint density at radius 1 is 1.24 bits per heavy atom. The van der Waals surface area contributed by atoms with Gasteiger partial charge in [-0.2, -0.15) is 0 Å². The third-order valence-corrected chi connectivity index (χ3v) is 3.33. The molecule has 1 saturated heterocycles. The Morgan fingerprint density at radius 2 is 1.80 bits per heavy atom. The van der Waals surface area contributed by atoms with E-state index in [1.54, 1.807) is 5.32 Å². The van der Waals surface area contributed by atoms with Crippen LogP contribution in [-0.4, -0.2) is 42.1 Å². The van der Waals surface area contributed by atoms with Gasteiger partial charge in [0.05, 0.1) is 12.3 Å². The number of imide groups is 1. The maximum Gasteiger partial charge on any atom is 0.360 e. The van der Waals surface area contributed by atoms with Crippen molar-refractivity contribution in [2.24, 2.45) is 17.0 Å². The SMILES string of the molecule is CCOC(=O)C1(F)C(=O)NC(=O)NC1ON=C(CC(C)C)CC(C)C. The molecule has 9 heteroatoms. The number of halogens is 1. The van der Waals surface area contributed by atoms with Crippen molar-refractivity contribution < 1.29 is 28.3 Å². The van der Waals surface area contributed by atoms with Gasteiger partial charge in [0.1, 0.15) is 0 Å². The standard InChI is InChI=1S/C16H26FN3O5/c1-6-24-14(22)16(17)12(21)18-15(23)19-13(16)25-20-11(7-9(2)3)8-10(4)5/h9-10,13H,6-8H2,1-5H3,(H2,18,19,21,23). The van der Waals surface area contributed by atoms with E-state index in [1.165, 1.54) is 6.92 Å². The molecular formula is C16H26FN3O5. The molecule has 0 radical (unpaired) electrons. The minimum absolute atomic E-state index is 0.131.